The molecule has 0 aliphatic carbocycles. The van der Waals surface area contributed by atoms with Crippen LogP contribution in [0.5, 0.6) is 0 Å². The lowest BCUT2D eigenvalue weighted by atomic mass is 10.0. The molecule has 1 saturated heterocycles. The molecule has 17 heavy (non-hydrogen) atoms. The van der Waals surface area contributed by atoms with Crippen molar-refractivity contribution in [3.63, 3.8) is 0 Å². The summed E-state index contributed by atoms with van der Waals surface area (Å²) in [5.74, 6) is 0.384. The third-order valence-corrected chi connectivity index (χ3v) is 3.46. The Bertz CT molecular complexity index is 411. The van der Waals surface area contributed by atoms with E-state index in [0.717, 1.165) is 19.4 Å². The van der Waals surface area contributed by atoms with Crippen LogP contribution < -0.4 is 0 Å². The number of amides is 1. The van der Waals surface area contributed by atoms with Gasteiger partial charge in [0.15, 0.2) is 0 Å². The predicted molar refractivity (Wildman–Crippen MR) is 69.7 cm³/mol. The number of hydrogen-bond donors (Lipinski definition) is 0. The molecule has 1 amide bonds. The summed E-state index contributed by atoms with van der Waals surface area (Å²) in [5.41, 5.74) is 2.56. The third-order valence-electron chi connectivity index (χ3n) is 3.46. The van der Waals surface area contributed by atoms with E-state index >= 15 is 0 Å². The molecule has 0 aromatic heterocycles. The predicted octanol–water partition coefficient (Wildman–Crippen LogP) is 3.31. The first-order valence-electron chi connectivity index (χ1n) is 6.46. The van der Waals surface area contributed by atoms with Crippen molar-refractivity contribution in [3.05, 3.63) is 35.4 Å². The average Bonchev–Trinajstić information content (AvgIpc) is 2.76. The van der Waals surface area contributed by atoms with Gasteiger partial charge in [0.05, 0.1) is 6.04 Å². The molecule has 0 bridgehead atoms. The van der Waals surface area contributed by atoms with E-state index < -0.39 is 0 Å². The molecule has 1 aromatic carbocycles. The van der Waals surface area contributed by atoms with E-state index in [0.29, 0.717) is 6.04 Å². The fourth-order valence-corrected chi connectivity index (χ4v) is 2.59. The van der Waals surface area contributed by atoms with Gasteiger partial charge in [-0.2, -0.15) is 0 Å². The fraction of sp³-hybridized carbons (Fsp3) is 0.533. The van der Waals surface area contributed by atoms with Crippen molar-refractivity contribution >= 4 is 5.91 Å². The molecule has 0 N–H and O–H groups in total. The smallest absolute Gasteiger partial charge is 0.225 e. The van der Waals surface area contributed by atoms with Gasteiger partial charge in [0, 0.05) is 12.5 Å². The largest absolute Gasteiger partial charge is 0.335 e. The highest BCUT2D eigenvalue weighted by molar-refractivity contribution is 5.78. The highest BCUT2D eigenvalue weighted by Gasteiger charge is 2.30. The van der Waals surface area contributed by atoms with Crippen LogP contribution in [0, 0.1) is 12.8 Å². The zero-order valence-electron chi connectivity index (χ0n) is 10.9. The van der Waals surface area contributed by atoms with Gasteiger partial charge in [-0.3, -0.25) is 4.79 Å². The molecule has 1 aliphatic rings. The van der Waals surface area contributed by atoms with E-state index in [1.165, 1.54) is 11.1 Å². The Morgan fingerprint density at radius 2 is 2.18 bits per heavy atom. The quantitative estimate of drug-likeness (QED) is 0.764. The van der Waals surface area contributed by atoms with Gasteiger partial charge >= 0.3 is 0 Å². The molecule has 0 saturated carbocycles. The van der Waals surface area contributed by atoms with E-state index in [-0.39, 0.29) is 11.8 Å². The van der Waals surface area contributed by atoms with Crippen LogP contribution in [0.1, 0.15) is 43.9 Å². The van der Waals surface area contributed by atoms with Crippen molar-refractivity contribution in [3.8, 4) is 0 Å². The first kappa shape index (κ1) is 12.2. The van der Waals surface area contributed by atoms with Crippen LogP contribution in [0.25, 0.3) is 0 Å². The zero-order valence-corrected chi connectivity index (χ0v) is 10.9. The molecule has 1 unspecified atom stereocenters. The molecule has 2 nitrogen and oxygen atoms in total. The number of rotatable bonds is 2. The molecule has 0 radical (unpaired) electrons. The van der Waals surface area contributed by atoms with Crippen molar-refractivity contribution in [1.29, 1.82) is 0 Å². The number of carbonyl (C=O) groups is 1. The molecule has 0 spiro atoms. The first-order chi connectivity index (χ1) is 8.09. The van der Waals surface area contributed by atoms with Gasteiger partial charge in [0.1, 0.15) is 0 Å². The van der Waals surface area contributed by atoms with Gasteiger partial charge in [-0.15, -0.1) is 0 Å². The summed E-state index contributed by atoms with van der Waals surface area (Å²) >= 11 is 0. The number of carbonyl (C=O) groups excluding carboxylic acids is 1. The third kappa shape index (κ3) is 2.51. The summed E-state index contributed by atoms with van der Waals surface area (Å²) in [6, 6.07) is 8.83. The van der Waals surface area contributed by atoms with E-state index in [1.54, 1.807) is 0 Å². The molecule has 1 heterocycles. The molecule has 1 fully saturated rings. The second-order valence-electron chi connectivity index (χ2n) is 5.26. The summed E-state index contributed by atoms with van der Waals surface area (Å²) in [6.07, 6.45) is 2.22. The number of nitrogens with zero attached hydrogens (tertiary/aromatic N) is 1. The van der Waals surface area contributed by atoms with Crippen LogP contribution in [0.4, 0.5) is 0 Å². The Hall–Kier alpha value is -1.31. The van der Waals surface area contributed by atoms with Crippen molar-refractivity contribution in [1.82, 2.24) is 4.90 Å². The molecule has 1 aliphatic heterocycles. The van der Waals surface area contributed by atoms with E-state index in [1.807, 2.05) is 13.8 Å². The van der Waals surface area contributed by atoms with Gasteiger partial charge in [0.25, 0.3) is 0 Å². The maximum absolute atomic E-state index is 12.1. The first-order valence-corrected chi connectivity index (χ1v) is 6.46. The van der Waals surface area contributed by atoms with Gasteiger partial charge in [-0.25, -0.2) is 0 Å². The zero-order chi connectivity index (χ0) is 12.4. The molecule has 2 heteroatoms. The lowest BCUT2D eigenvalue weighted by molar-refractivity contribution is -0.135. The summed E-state index contributed by atoms with van der Waals surface area (Å²) in [7, 11) is 0. The van der Waals surface area contributed by atoms with Gasteiger partial charge in [-0.05, 0) is 25.3 Å². The Balaban J connectivity index is 2.23. The Labute approximate surface area is 104 Å². The van der Waals surface area contributed by atoms with E-state index in [9.17, 15) is 4.79 Å². The summed E-state index contributed by atoms with van der Waals surface area (Å²) < 4.78 is 0. The minimum Gasteiger partial charge on any atom is -0.335 e. The monoisotopic (exact) mass is 231 g/mol. The second-order valence-corrected chi connectivity index (χ2v) is 5.26. The fourth-order valence-electron chi connectivity index (χ4n) is 2.59. The number of benzene rings is 1. The van der Waals surface area contributed by atoms with Crippen LogP contribution in [0.3, 0.4) is 0 Å². The van der Waals surface area contributed by atoms with Crippen LogP contribution in [0.2, 0.25) is 0 Å². The van der Waals surface area contributed by atoms with Crippen LogP contribution in [0.15, 0.2) is 24.3 Å². The molecule has 1 atom stereocenters. The van der Waals surface area contributed by atoms with E-state index in [4.69, 9.17) is 0 Å². The number of hydrogen-bond acceptors (Lipinski definition) is 1. The normalized spacial score (nSPS) is 20.0. The minimum absolute atomic E-state index is 0.0976. The van der Waals surface area contributed by atoms with Gasteiger partial charge < -0.3 is 4.90 Å². The number of likely N-dealkylation sites (tertiary alicyclic amines) is 1. The molecule has 92 valence electrons. The van der Waals surface area contributed by atoms with Crippen LogP contribution >= 0.6 is 0 Å². The maximum atomic E-state index is 12.1. The SMILES string of the molecule is Cc1cccc(C2CCCN2C(=O)C(C)C)c1. The topological polar surface area (TPSA) is 20.3 Å². The van der Waals surface area contributed by atoms with Crippen LogP contribution in [-0.4, -0.2) is 17.4 Å². The van der Waals surface area contributed by atoms with Crippen molar-refractivity contribution in [2.75, 3.05) is 6.54 Å². The Morgan fingerprint density at radius 1 is 1.41 bits per heavy atom. The summed E-state index contributed by atoms with van der Waals surface area (Å²) in [6.45, 7) is 6.98. The highest BCUT2D eigenvalue weighted by atomic mass is 16.2. The summed E-state index contributed by atoms with van der Waals surface area (Å²) in [5, 5.41) is 0. The van der Waals surface area contributed by atoms with Gasteiger partial charge in [0.2, 0.25) is 5.91 Å². The lowest BCUT2D eigenvalue weighted by Crippen LogP contribution is -2.33. The molecule has 2 rings (SSSR count). The van der Waals surface area contributed by atoms with Gasteiger partial charge in [-0.1, -0.05) is 43.7 Å². The molecular formula is C15H21NO. The molecule has 1 aromatic rings. The average molecular weight is 231 g/mol. The van der Waals surface area contributed by atoms with Crippen molar-refractivity contribution in [2.24, 2.45) is 5.92 Å². The lowest BCUT2D eigenvalue weighted by Gasteiger charge is -2.27. The van der Waals surface area contributed by atoms with Crippen molar-refractivity contribution in [2.45, 2.75) is 39.7 Å². The maximum Gasteiger partial charge on any atom is 0.225 e. The summed E-state index contributed by atoms with van der Waals surface area (Å²) in [4.78, 5) is 14.2. The minimum atomic E-state index is 0.0976. The Morgan fingerprint density at radius 3 is 2.82 bits per heavy atom. The van der Waals surface area contributed by atoms with Crippen molar-refractivity contribution < 1.29 is 4.79 Å². The standard InChI is InChI=1S/C15H21NO/c1-11(2)15(17)16-9-5-8-14(16)13-7-4-6-12(3)10-13/h4,6-7,10-11,14H,5,8-9H2,1-3H3. The van der Waals surface area contributed by atoms with E-state index in [2.05, 4.69) is 36.1 Å². The highest BCUT2D eigenvalue weighted by Crippen LogP contribution is 2.33. The Kier molecular flexibility index (Phi) is 3.51. The number of aryl methyl sites for hydroxylation is 1. The van der Waals surface area contributed by atoms with Crippen LogP contribution in [-0.2, 0) is 4.79 Å². The second kappa shape index (κ2) is 4.91. The molecular weight excluding hydrogens is 210 g/mol.